The Labute approximate surface area is 95.3 Å². The summed E-state index contributed by atoms with van der Waals surface area (Å²) in [5.74, 6) is 0.870. The van der Waals surface area contributed by atoms with Gasteiger partial charge in [0, 0.05) is 26.2 Å². The molecule has 0 N–H and O–H groups in total. The van der Waals surface area contributed by atoms with Crippen molar-refractivity contribution in [2.75, 3.05) is 37.6 Å². The van der Waals surface area contributed by atoms with E-state index in [9.17, 15) is 0 Å². The molecule has 2 heterocycles. The molecule has 1 aromatic heterocycles. The van der Waals surface area contributed by atoms with Gasteiger partial charge in [0.05, 0.1) is 0 Å². The minimum atomic E-state index is 0.371. The molecular weight excluding hydrogens is 202 g/mol. The van der Waals surface area contributed by atoms with Gasteiger partial charge in [-0.2, -0.15) is 5.26 Å². The van der Waals surface area contributed by atoms with E-state index < -0.39 is 0 Å². The van der Waals surface area contributed by atoms with Gasteiger partial charge in [0.25, 0.3) is 0 Å². The third-order valence-electron chi connectivity index (χ3n) is 2.91. The third-order valence-corrected chi connectivity index (χ3v) is 2.91. The second kappa shape index (κ2) is 4.90. The van der Waals surface area contributed by atoms with Crippen LogP contribution in [-0.2, 0) is 0 Å². The van der Waals surface area contributed by atoms with Crippen LogP contribution in [0, 0.1) is 11.3 Å². The quantitative estimate of drug-likeness (QED) is 0.721. The Kier molecular flexibility index (Phi) is 3.32. The van der Waals surface area contributed by atoms with Crippen molar-refractivity contribution in [1.82, 2.24) is 15.1 Å². The van der Waals surface area contributed by atoms with Gasteiger partial charge >= 0.3 is 0 Å². The molecule has 0 aromatic carbocycles. The predicted octanol–water partition coefficient (Wildman–Crippen LogP) is 0.490. The molecule has 1 aliphatic heterocycles. The van der Waals surface area contributed by atoms with Gasteiger partial charge in [-0.25, -0.2) is 0 Å². The Bertz CT molecular complexity index is 372. The Morgan fingerprint density at radius 3 is 2.50 bits per heavy atom. The third kappa shape index (κ3) is 2.28. The van der Waals surface area contributed by atoms with E-state index in [0.29, 0.717) is 5.69 Å². The van der Waals surface area contributed by atoms with Crippen LogP contribution in [0.15, 0.2) is 12.1 Å². The normalized spacial score (nSPS) is 17.1. The van der Waals surface area contributed by atoms with Crippen molar-refractivity contribution in [3.05, 3.63) is 17.8 Å². The van der Waals surface area contributed by atoms with Crippen molar-refractivity contribution in [1.29, 1.82) is 5.26 Å². The number of hydrogen-bond donors (Lipinski definition) is 0. The molecule has 16 heavy (non-hydrogen) atoms. The maximum Gasteiger partial charge on any atom is 0.163 e. The summed E-state index contributed by atoms with van der Waals surface area (Å²) in [5.41, 5.74) is 0.371. The molecule has 84 valence electrons. The first kappa shape index (κ1) is 10.8. The van der Waals surface area contributed by atoms with E-state index in [2.05, 4.69) is 26.9 Å². The first-order valence-corrected chi connectivity index (χ1v) is 5.54. The van der Waals surface area contributed by atoms with E-state index in [-0.39, 0.29) is 0 Å². The summed E-state index contributed by atoms with van der Waals surface area (Å²) in [6, 6.07) is 5.56. The van der Waals surface area contributed by atoms with Gasteiger partial charge in [0.1, 0.15) is 6.07 Å². The number of nitrogens with zero attached hydrogens (tertiary/aromatic N) is 5. The van der Waals surface area contributed by atoms with Crippen molar-refractivity contribution >= 4 is 5.82 Å². The summed E-state index contributed by atoms with van der Waals surface area (Å²) in [6.45, 7) is 7.38. The van der Waals surface area contributed by atoms with E-state index in [1.165, 1.54) is 0 Å². The van der Waals surface area contributed by atoms with Gasteiger partial charge < -0.3 is 9.80 Å². The maximum atomic E-state index is 8.63. The highest BCUT2D eigenvalue weighted by Gasteiger charge is 2.16. The molecule has 1 aromatic rings. The Morgan fingerprint density at radius 2 is 2.00 bits per heavy atom. The Balaban J connectivity index is 2.00. The highest BCUT2D eigenvalue weighted by Crippen LogP contribution is 2.12. The number of nitriles is 1. The van der Waals surface area contributed by atoms with E-state index >= 15 is 0 Å². The molecule has 0 saturated carbocycles. The fourth-order valence-corrected chi connectivity index (χ4v) is 1.85. The van der Waals surface area contributed by atoms with Crippen molar-refractivity contribution in [2.45, 2.75) is 6.92 Å². The van der Waals surface area contributed by atoms with Gasteiger partial charge in [-0.1, -0.05) is 6.92 Å². The molecule has 0 spiro atoms. The smallest absolute Gasteiger partial charge is 0.163 e. The number of aromatic nitrogens is 2. The van der Waals surface area contributed by atoms with Crippen LogP contribution in [0.4, 0.5) is 5.82 Å². The second-order valence-corrected chi connectivity index (χ2v) is 3.81. The highest BCUT2D eigenvalue weighted by molar-refractivity contribution is 5.39. The summed E-state index contributed by atoms with van der Waals surface area (Å²) in [6.07, 6.45) is 0. The summed E-state index contributed by atoms with van der Waals surface area (Å²) in [5, 5.41) is 16.5. The Hall–Kier alpha value is -1.67. The molecule has 1 aliphatic rings. The lowest BCUT2D eigenvalue weighted by atomic mass is 10.3. The summed E-state index contributed by atoms with van der Waals surface area (Å²) in [4.78, 5) is 4.62. The lowest BCUT2D eigenvalue weighted by molar-refractivity contribution is 0.270. The van der Waals surface area contributed by atoms with E-state index in [0.717, 1.165) is 38.5 Å². The first-order chi connectivity index (χ1) is 7.83. The van der Waals surface area contributed by atoms with Crippen LogP contribution >= 0.6 is 0 Å². The topological polar surface area (TPSA) is 56.0 Å². The molecule has 5 heteroatoms. The lowest BCUT2D eigenvalue weighted by Gasteiger charge is -2.34. The number of hydrogen-bond acceptors (Lipinski definition) is 5. The van der Waals surface area contributed by atoms with Crippen LogP contribution < -0.4 is 4.90 Å². The van der Waals surface area contributed by atoms with Crippen molar-refractivity contribution in [3.8, 4) is 6.07 Å². The fraction of sp³-hybridized carbons (Fsp3) is 0.545. The van der Waals surface area contributed by atoms with Crippen LogP contribution in [0.25, 0.3) is 0 Å². The van der Waals surface area contributed by atoms with Gasteiger partial charge in [-0.3, -0.25) is 0 Å². The zero-order valence-electron chi connectivity index (χ0n) is 9.43. The zero-order chi connectivity index (χ0) is 11.4. The molecule has 2 rings (SSSR count). The van der Waals surface area contributed by atoms with E-state index in [1.807, 2.05) is 12.1 Å². The summed E-state index contributed by atoms with van der Waals surface area (Å²) in [7, 11) is 0. The standard InChI is InChI=1S/C11H15N5/c1-2-15-5-7-16(8-6-15)11-4-3-10(9-12)13-14-11/h3-4H,2,5-8H2,1H3. The number of anilines is 1. The van der Waals surface area contributed by atoms with Crippen LogP contribution in [0.2, 0.25) is 0 Å². The van der Waals surface area contributed by atoms with Gasteiger partial charge in [0.2, 0.25) is 0 Å². The minimum Gasteiger partial charge on any atom is -0.353 e. The largest absolute Gasteiger partial charge is 0.353 e. The molecule has 1 fully saturated rings. The molecule has 0 bridgehead atoms. The summed E-state index contributed by atoms with van der Waals surface area (Å²) >= 11 is 0. The molecule has 0 radical (unpaired) electrons. The van der Waals surface area contributed by atoms with Gasteiger partial charge in [0.15, 0.2) is 11.5 Å². The average Bonchev–Trinajstić information content (AvgIpc) is 2.39. The van der Waals surface area contributed by atoms with Crippen molar-refractivity contribution in [3.63, 3.8) is 0 Å². The zero-order valence-corrected chi connectivity index (χ0v) is 9.43. The number of piperazine rings is 1. The number of likely N-dealkylation sites (N-methyl/N-ethyl adjacent to an activating group) is 1. The fourth-order valence-electron chi connectivity index (χ4n) is 1.85. The first-order valence-electron chi connectivity index (χ1n) is 5.54. The molecular formula is C11H15N5. The minimum absolute atomic E-state index is 0.371. The average molecular weight is 217 g/mol. The van der Waals surface area contributed by atoms with E-state index in [4.69, 9.17) is 5.26 Å². The molecule has 5 nitrogen and oxygen atoms in total. The van der Waals surface area contributed by atoms with Gasteiger partial charge in [-0.05, 0) is 18.7 Å². The van der Waals surface area contributed by atoms with Crippen LogP contribution in [0.3, 0.4) is 0 Å². The van der Waals surface area contributed by atoms with E-state index in [1.54, 1.807) is 6.07 Å². The molecule has 0 amide bonds. The molecule has 0 aliphatic carbocycles. The predicted molar refractivity (Wildman–Crippen MR) is 61.1 cm³/mol. The summed E-state index contributed by atoms with van der Waals surface area (Å²) < 4.78 is 0. The van der Waals surface area contributed by atoms with Crippen LogP contribution in [-0.4, -0.2) is 47.8 Å². The molecule has 0 unspecified atom stereocenters. The van der Waals surface area contributed by atoms with Crippen LogP contribution in [0.5, 0.6) is 0 Å². The number of rotatable bonds is 2. The molecule has 1 saturated heterocycles. The van der Waals surface area contributed by atoms with Crippen LogP contribution in [0.1, 0.15) is 12.6 Å². The SMILES string of the molecule is CCN1CCN(c2ccc(C#N)nn2)CC1. The monoisotopic (exact) mass is 217 g/mol. The maximum absolute atomic E-state index is 8.63. The second-order valence-electron chi connectivity index (χ2n) is 3.81. The Morgan fingerprint density at radius 1 is 1.25 bits per heavy atom. The lowest BCUT2D eigenvalue weighted by Crippen LogP contribution is -2.46. The van der Waals surface area contributed by atoms with Gasteiger partial charge in [-0.15, -0.1) is 10.2 Å². The van der Waals surface area contributed by atoms with Crippen molar-refractivity contribution < 1.29 is 0 Å². The van der Waals surface area contributed by atoms with Crippen molar-refractivity contribution in [2.24, 2.45) is 0 Å². The molecule has 0 atom stereocenters. The highest BCUT2D eigenvalue weighted by atomic mass is 15.3.